The summed E-state index contributed by atoms with van der Waals surface area (Å²) in [4.78, 5) is 4.38. The molecule has 0 unspecified atom stereocenters. The lowest BCUT2D eigenvalue weighted by molar-refractivity contribution is 0.536. The Morgan fingerprint density at radius 2 is 1.96 bits per heavy atom. The molecule has 0 spiro atoms. The molecule has 130 valence electrons. The summed E-state index contributed by atoms with van der Waals surface area (Å²) in [6.45, 7) is 2.25. The molecule has 3 nitrogen and oxygen atoms in total. The van der Waals surface area contributed by atoms with Crippen LogP contribution in [0.5, 0.6) is 0 Å². The fraction of sp³-hybridized carbons (Fsp3) is 0.273. The minimum Gasteiger partial charge on any atom is -0.327 e. The maximum Gasteiger partial charge on any atom is 0.123 e. The van der Waals surface area contributed by atoms with Crippen molar-refractivity contribution in [1.82, 2.24) is 9.55 Å². The van der Waals surface area contributed by atoms with E-state index in [1.165, 1.54) is 17.8 Å². The standard InChI is InChI=1S/C22H20FN3/c1-15-3-2-4-21(26-14-25-13-22(15)26)19-10-5-16(12-24)11-20(19)17-6-8-18(23)9-7-17/h5-11,13-15,21H,2-4H2,1H3/t15-,21-/m1/s1. The third-order valence-electron chi connectivity index (χ3n) is 5.35. The molecule has 0 amide bonds. The molecule has 0 fully saturated rings. The van der Waals surface area contributed by atoms with Gasteiger partial charge in [-0.1, -0.05) is 31.5 Å². The Morgan fingerprint density at radius 1 is 1.15 bits per heavy atom. The Balaban J connectivity index is 1.88. The van der Waals surface area contributed by atoms with Crippen molar-refractivity contribution >= 4 is 0 Å². The van der Waals surface area contributed by atoms with Crippen molar-refractivity contribution in [3.63, 3.8) is 0 Å². The lowest BCUT2D eigenvalue weighted by atomic mass is 9.91. The largest absolute Gasteiger partial charge is 0.327 e. The van der Waals surface area contributed by atoms with Gasteiger partial charge in [-0.05, 0) is 59.7 Å². The van der Waals surface area contributed by atoms with Gasteiger partial charge in [0, 0.05) is 11.9 Å². The Bertz CT molecular complexity index is 966. The molecule has 0 radical (unpaired) electrons. The van der Waals surface area contributed by atoms with Gasteiger partial charge in [-0.25, -0.2) is 9.37 Å². The van der Waals surface area contributed by atoms with Crippen LogP contribution in [-0.2, 0) is 0 Å². The number of halogens is 1. The zero-order chi connectivity index (χ0) is 18.1. The second-order valence-electron chi connectivity index (χ2n) is 6.99. The van der Waals surface area contributed by atoms with Gasteiger partial charge < -0.3 is 4.57 Å². The second-order valence-corrected chi connectivity index (χ2v) is 6.99. The molecule has 26 heavy (non-hydrogen) atoms. The minimum absolute atomic E-state index is 0.172. The Morgan fingerprint density at radius 3 is 2.73 bits per heavy atom. The van der Waals surface area contributed by atoms with Gasteiger partial charge in [0.2, 0.25) is 0 Å². The van der Waals surface area contributed by atoms with Gasteiger partial charge >= 0.3 is 0 Å². The summed E-state index contributed by atoms with van der Waals surface area (Å²) in [5.74, 6) is 0.224. The first kappa shape index (κ1) is 16.5. The SMILES string of the molecule is C[C@@H]1CCC[C@H](c2ccc(C#N)cc2-c2ccc(F)cc2)n2cncc21. The first-order chi connectivity index (χ1) is 12.7. The van der Waals surface area contributed by atoms with Crippen LogP contribution < -0.4 is 0 Å². The van der Waals surface area contributed by atoms with Crippen LogP contribution in [0.2, 0.25) is 0 Å². The monoisotopic (exact) mass is 345 g/mol. The molecule has 0 saturated heterocycles. The van der Waals surface area contributed by atoms with Crippen molar-refractivity contribution in [2.75, 3.05) is 0 Å². The molecule has 0 bridgehead atoms. The lowest BCUT2D eigenvalue weighted by Gasteiger charge is -2.23. The highest BCUT2D eigenvalue weighted by Gasteiger charge is 2.25. The fourth-order valence-electron chi connectivity index (χ4n) is 3.96. The highest BCUT2D eigenvalue weighted by atomic mass is 19.1. The number of benzene rings is 2. The molecule has 2 aromatic carbocycles. The van der Waals surface area contributed by atoms with Gasteiger partial charge in [-0.2, -0.15) is 5.26 Å². The van der Waals surface area contributed by atoms with Crippen molar-refractivity contribution in [3.8, 4) is 17.2 Å². The first-order valence-electron chi connectivity index (χ1n) is 8.99. The number of hydrogen-bond donors (Lipinski definition) is 0. The van der Waals surface area contributed by atoms with Crippen molar-refractivity contribution in [1.29, 1.82) is 5.26 Å². The molecular formula is C22H20FN3. The van der Waals surface area contributed by atoms with E-state index in [9.17, 15) is 9.65 Å². The molecular weight excluding hydrogens is 325 g/mol. The topological polar surface area (TPSA) is 41.6 Å². The van der Waals surface area contributed by atoms with Crippen LogP contribution in [0.4, 0.5) is 4.39 Å². The van der Waals surface area contributed by atoms with Gasteiger partial charge in [0.05, 0.1) is 24.0 Å². The summed E-state index contributed by atoms with van der Waals surface area (Å²) < 4.78 is 15.7. The molecule has 4 heteroatoms. The van der Waals surface area contributed by atoms with E-state index in [1.54, 1.807) is 12.1 Å². The third kappa shape index (κ3) is 2.90. The maximum atomic E-state index is 13.4. The van der Waals surface area contributed by atoms with Gasteiger partial charge in [0.25, 0.3) is 0 Å². The number of fused-ring (bicyclic) bond motifs is 1. The van der Waals surface area contributed by atoms with Crippen LogP contribution in [0.3, 0.4) is 0 Å². The highest BCUT2D eigenvalue weighted by molar-refractivity contribution is 5.70. The summed E-state index contributed by atoms with van der Waals surface area (Å²) >= 11 is 0. The van der Waals surface area contributed by atoms with Crippen LogP contribution in [0.25, 0.3) is 11.1 Å². The Hall–Kier alpha value is -2.93. The van der Waals surface area contributed by atoms with E-state index < -0.39 is 0 Å². The van der Waals surface area contributed by atoms with Crippen molar-refractivity contribution in [3.05, 3.63) is 77.6 Å². The molecule has 2 heterocycles. The molecule has 4 rings (SSSR count). The molecule has 0 N–H and O–H groups in total. The second kappa shape index (κ2) is 6.76. The molecule has 0 aliphatic carbocycles. The van der Waals surface area contributed by atoms with E-state index >= 15 is 0 Å². The van der Waals surface area contributed by atoms with Gasteiger partial charge in [0.1, 0.15) is 5.82 Å². The molecule has 2 atom stereocenters. The lowest BCUT2D eigenvalue weighted by Crippen LogP contribution is -2.12. The average Bonchev–Trinajstić information content (AvgIpc) is 3.09. The van der Waals surface area contributed by atoms with Crippen LogP contribution in [0.1, 0.15) is 55.0 Å². The van der Waals surface area contributed by atoms with Crippen LogP contribution in [0, 0.1) is 17.1 Å². The Kier molecular flexibility index (Phi) is 4.30. The van der Waals surface area contributed by atoms with Gasteiger partial charge in [-0.15, -0.1) is 0 Å². The minimum atomic E-state index is -0.257. The predicted molar refractivity (Wildman–Crippen MR) is 99.2 cm³/mol. The quantitative estimate of drug-likeness (QED) is 0.621. The summed E-state index contributed by atoms with van der Waals surface area (Å²) in [7, 11) is 0. The Labute approximate surface area is 152 Å². The van der Waals surface area contributed by atoms with Crippen molar-refractivity contribution < 1.29 is 4.39 Å². The van der Waals surface area contributed by atoms with Crippen molar-refractivity contribution in [2.24, 2.45) is 0 Å². The smallest absolute Gasteiger partial charge is 0.123 e. The van der Waals surface area contributed by atoms with E-state index in [4.69, 9.17) is 0 Å². The fourth-order valence-corrected chi connectivity index (χ4v) is 3.96. The van der Waals surface area contributed by atoms with Gasteiger partial charge in [0.15, 0.2) is 0 Å². The summed E-state index contributed by atoms with van der Waals surface area (Å²) in [5, 5.41) is 9.33. The van der Waals surface area contributed by atoms with Crippen molar-refractivity contribution in [2.45, 2.75) is 38.1 Å². The molecule has 0 saturated carbocycles. The number of rotatable bonds is 2. The number of hydrogen-bond acceptors (Lipinski definition) is 2. The summed E-state index contributed by atoms with van der Waals surface area (Å²) in [6.07, 6.45) is 7.17. The highest BCUT2D eigenvalue weighted by Crippen LogP contribution is 2.39. The van der Waals surface area contributed by atoms with E-state index in [0.29, 0.717) is 11.5 Å². The number of aromatic nitrogens is 2. The number of nitrogens with zero attached hydrogens (tertiary/aromatic N) is 3. The van der Waals surface area contributed by atoms with E-state index in [1.807, 2.05) is 30.7 Å². The average molecular weight is 345 g/mol. The molecule has 1 aromatic heterocycles. The van der Waals surface area contributed by atoms with Crippen LogP contribution in [0.15, 0.2) is 55.0 Å². The normalized spacial score (nSPS) is 19.4. The molecule has 1 aliphatic rings. The van der Waals surface area contributed by atoms with E-state index in [2.05, 4.69) is 22.5 Å². The van der Waals surface area contributed by atoms with E-state index in [-0.39, 0.29) is 11.9 Å². The number of nitriles is 1. The summed E-state index contributed by atoms with van der Waals surface area (Å²) in [5.41, 5.74) is 4.94. The number of imidazole rings is 1. The zero-order valence-corrected chi connectivity index (χ0v) is 14.7. The summed E-state index contributed by atoms with van der Waals surface area (Å²) in [6, 6.07) is 14.7. The van der Waals surface area contributed by atoms with Gasteiger partial charge in [-0.3, -0.25) is 0 Å². The molecule has 3 aromatic rings. The van der Waals surface area contributed by atoms with Crippen LogP contribution in [-0.4, -0.2) is 9.55 Å². The maximum absolute atomic E-state index is 13.4. The predicted octanol–water partition coefficient (Wildman–Crippen LogP) is 5.44. The first-order valence-corrected chi connectivity index (χ1v) is 8.99. The third-order valence-corrected chi connectivity index (χ3v) is 5.35. The van der Waals surface area contributed by atoms with E-state index in [0.717, 1.165) is 36.0 Å². The molecule has 1 aliphatic heterocycles. The van der Waals surface area contributed by atoms with Crippen LogP contribution >= 0.6 is 0 Å². The zero-order valence-electron chi connectivity index (χ0n) is 14.7.